The fourth-order valence-electron chi connectivity index (χ4n) is 3.80. The van der Waals surface area contributed by atoms with Crippen LogP contribution in [0.15, 0.2) is 36.5 Å². The summed E-state index contributed by atoms with van der Waals surface area (Å²) in [5.41, 5.74) is 2.46. The van der Waals surface area contributed by atoms with Gasteiger partial charge in [0.05, 0.1) is 29.7 Å². The van der Waals surface area contributed by atoms with E-state index >= 15 is 0 Å². The second kappa shape index (κ2) is 7.15. The number of hydrogen-bond donors (Lipinski definition) is 2. The van der Waals surface area contributed by atoms with Crippen LogP contribution in [0.4, 0.5) is 0 Å². The zero-order valence-electron chi connectivity index (χ0n) is 15.6. The van der Waals surface area contributed by atoms with Crippen LogP contribution in [0.5, 0.6) is 0 Å². The van der Waals surface area contributed by atoms with Gasteiger partial charge in [-0.05, 0) is 43.5 Å². The van der Waals surface area contributed by atoms with Gasteiger partial charge in [0.2, 0.25) is 5.91 Å². The van der Waals surface area contributed by atoms with Crippen molar-refractivity contribution >= 4 is 11.8 Å². The molecule has 2 aliphatic heterocycles. The Morgan fingerprint density at radius 1 is 1.26 bits per heavy atom. The molecule has 0 aliphatic carbocycles. The molecule has 0 saturated carbocycles. The van der Waals surface area contributed by atoms with E-state index in [4.69, 9.17) is 0 Å². The molecule has 1 fully saturated rings. The first kappa shape index (κ1) is 17.7. The molecule has 27 heavy (non-hydrogen) atoms. The third-order valence-corrected chi connectivity index (χ3v) is 5.59. The molecule has 3 heterocycles. The number of hydrogen-bond acceptors (Lipinski definition) is 4. The van der Waals surface area contributed by atoms with E-state index in [9.17, 15) is 9.59 Å². The molecule has 1 aromatic carbocycles. The van der Waals surface area contributed by atoms with E-state index in [-0.39, 0.29) is 23.8 Å². The highest BCUT2D eigenvalue weighted by atomic mass is 16.2. The molecule has 2 N–H and O–H groups in total. The van der Waals surface area contributed by atoms with Gasteiger partial charge in [0.15, 0.2) is 0 Å². The third-order valence-electron chi connectivity index (χ3n) is 5.59. The molecule has 7 heteroatoms. The summed E-state index contributed by atoms with van der Waals surface area (Å²) in [6.45, 7) is 5.32. The highest BCUT2D eigenvalue weighted by Crippen LogP contribution is 2.27. The predicted octanol–water partition coefficient (Wildman–Crippen LogP) is 1.33. The highest BCUT2D eigenvalue weighted by Gasteiger charge is 2.33. The average Bonchev–Trinajstić information content (AvgIpc) is 3.22. The van der Waals surface area contributed by atoms with Gasteiger partial charge in [-0.15, -0.1) is 0 Å². The molecule has 2 aliphatic rings. The van der Waals surface area contributed by atoms with Crippen LogP contribution in [0.1, 0.15) is 35.8 Å². The first-order valence-corrected chi connectivity index (χ1v) is 9.45. The first-order chi connectivity index (χ1) is 13.1. The molecule has 1 aromatic heterocycles. The molecule has 7 nitrogen and oxygen atoms in total. The van der Waals surface area contributed by atoms with Gasteiger partial charge in [-0.3, -0.25) is 9.59 Å². The molecule has 4 rings (SSSR count). The Kier molecular flexibility index (Phi) is 4.70. The van der Waals surface area contributed by atoms with Crippen LogP contribution in [0.3, 0.4) is 0 Å². The van der Waals surface area contributed by atoms with Crippen molar-refractivity contribution in [3.05, 3.63) is 47.8 Å². The van der Waals surface area contributed by atoms with Crippen LogP contribution < -0.4 is 10.6 Å². The summed E-state index contributed by atoms with van der Waals surface area (Å²) in [7, 11) is 0. The SMILES string of the molecule is CC1(CNC(=O)CN2Cc3c(cnn3-c3ccccc3)C2=O)CCNCC1. The monoisotopic (exact) mass is 367 g/mol. The number of aromatic nitrogens is 2. The second-order valence-corrected chi connectivity index (χ2v) is 7.75. The lowest BCUT2D eigenvalue weighted by Crippen LogP contribution is -2.45. The van der Waals surface area contributed by atoms with Crippen molar-refractivity contribution in [3.63, 3.8) is 0 Å². The average molecular weight is 367 g/mol. The Morgan fingerprint density at radius 2 is 2.00 bits per heavy atom. The summed E-state index contributed by atoms with van der Waals surface area (Å²) in [6.07, 6.45) is 3.70. The van der Waals surface area contributed by atoms with Crippen molar-refractivity contribution in [1.82, 2.24) is 25.3 Å². The van der Waals surface area contributed by atoms with Crippen molar-refractivity contribution in [1.29, 1.82) is 0 Å². The highest BCUT2D eigenvalue weighted by molar-refractivity contribution is 5.99. The van der Waals surface area contributed by atoms with Gasteiger partial charge in [0, 0.05) is 6.54 Å². The van der Waals surface area contributed by atoms with Crippen LogP contribution in [0, 0.1) is 5.41 Å². The van der Waals surface area contributed by atoms with Gasteiger partial charge in [-0.25, -0.2) is 4.68 Å². The van der Waals surface area contributed by atoms with Gasteiger partial charge in [-0.2, -0.15) is 5.10 Å². The van der Waals surface area contributed by atoms with Gasteiger partial charge in [-0.1, -0.05) is 25.1 Å². The van der Waals surface area contributed by atoms with Crippen molar-refractivity contribution in [3.8, 4) is 5.69 Å². The number of carbonyl (C=O) groups excluding carboxylic acids is 2. The number of piperidine rings is 1. The molecular formula is C20H25N5O2. The van der Waals surface area contributed by atoms with Crippen molar-refractivity contribution in [2.24, 2.45) is 5.41 Å². The lowest BCUT2D eigenvalue weighted by Gasteiger charge is -2.34. The summed E-state index contributed by atoms with van der Waals surface area (Å²) in [4.78, 5) is 26.6. The van der Waals surface area contributed by atoms with Crippen LogP contribution in [-0.4, -0.2) is 52.7 Å². The Balaban J connectivity index is 1.38. The topological polar surface area (TPSA) is 79.3 Å². The zero-order valence-corrected chi connectivity index (χ0v) is 15.6. The fraction of sp³-hybridized carbons (Fsp3) is 0.450. The minimum Gasteiger partial charge on any atom is -0.354 e. The largest absolute Gasteiger partial charge is 0.354 e. The summed E-state index contributed by atoms with van der Waals surface area (Å²) < 4.78 is 1.78. The standard InChI is InChI=1S/C20H25N5O2/c1-20(7-9-21-10-8-20)14-22-18(26)13-24-12-17-16(19(24)27)11-23-25(17)15-5-3-2-4-6-15/h2-6,11,21H,7-10,12-14H2,1H3,(H,22,26). The Hall–Kier alpha value is -2.67. The van der Waals surface area contributed by atoms with E-state index < -0.39 is 0 Å². The predicted molar refractivity (Wildman–Crippen MR) is 102 cm³/mol. The fourth-order valence-corrected chi connectivity index (χ4v) is 3.80. The number of carbonyl (C=O) groups is 2. The lowest BCUT2D eigenvalue weighted by molar-refractivity contribution is -0.122. The summed E-state index contributed by atoms with van der Waals surface area (Å²) in [6, 6.07) is 9.72. The lowest BCUT2D eigenvalue weighted by atomic mass is 9.81. The number of nitrogens with one attached hydrogen (secondary N) is 2. The molecule has 142 valence electrons. The normalized spacial score (nSPS) is 18.4. The minimum atomic E-state index is -0.129. The maximum Gasteiger partial charge on any atom is 0.258 e. The van der Waals surface area contributed by atoms with Crippen molar-refractivity contribution in [2.75, 3.05) is 26.2 Å². The van der Waals surface area contributed by atoms with Crippen LogP contribution in [-0.2, 0) is 11.3 Å². The molecular weight excluding hydrogens is 342 g/mol. The molecule has 0 radical (unpaired) electrons. The second-order valence-electron chi connectivity index (χ2n) is 7.75. The molecule has 2 aromatic rings. The first-order valence-electron chi connectivity index (χ1n) is 9.45. The molecule has 0 unspecified atom stereocenters. The van der Waals surface area contributed by atoms with E-state index in [1.807, 2.05) is 30.3 Å². The molecule has 0 atom stereocenters. The minimum absolute atomic E-state index is 0.0800. The number of para-hydroxylation sites is 1. The number of amides is 2. The van der Waals surface area contributed by atoms with Crippen molar-refractivity contribution in [2.45, 2.75) is 26.3 Å². The number of rotatable bonds is 5. The Morgan fingerprint density at radius 3 is 2.74 bits per heavy atom. The zero-order chi connectivity index (χ0) is 18.9. The van der Waals surface area contributed by atoms with Gasteiger partial charge in [0.25, 0.3) is 5.91 Å². The third kappa shape index (κ3) is 3.60. The van der Waals surface area contributed by atoms with E-state index in [0.717, 1.165) is 37.3 Å². The molecule has 2 amide bonds. The summed E-state index contributed by atoms with van der Waals surface area (Å²) in [5.74, 6) is -0.233. The smallest absolute Gasteiger partial charge is 0.258 e. The quantitative estimate of drug-likeness (QED) is 0.836. The Labute approximate surface area is 158 Å². The van der Waals surface area contributed by atoms with Gasteiger partial charge in [0.1, 0.15) is 6.54 Å². The Bertz CT molecular complexity index is 839. The summed E-state index contributed by atoms with van der Waals surface area (Å²) >= 11 is 0. The van der Waals surface area contributed by atoms with E-state index in [1.165, 1.54) is 0 Å². The number of benzene rings is 1. The van der Waals surface area contributed by atoms with Crippen LogP contribution in [0.25, 0.3) is 5.69 Å². The van der Waals surface area contributed by atoms with E-state index in [1.54, 1.807) is 15.8 Å². The molecule has 1 saturated heterocycles. The molecule has 0 spiro atoms. The maximum atomic E-state index is 12.6. The van der Waals surface area contributed by atoms with Gasteiger partial charge >= 0.3 is 0 Å². The maximum absolute atomic E-state index is 12.6. The van der Waals surface area contributed by atoms with E-state index in [2.05, 4.69) is 22.7 Å². The van der Waals surface area contributed by atoms with Gasteiger partial charge < -0.3 is 15.5 Å². The van der Waals surface area contributed by atoms with Crippen LogP contribution in [0.2, 0.25) is 0 Å². The summed E-state index contributed by atoms with van der Waals surface area (Å²) in [5, 5.41) is 10.7. The van der Waals surface area contributed by atoms with Crippen molar-refractivity contribution < 1.29 is 9.59 Å². The van der Waals surface area contributed by atoms with Crippen LogP contribution >= 0.6 is 0 Å². The molecule has 0 bridgehead atoms. The number of nitrogens with zero attached hydrogens (tertiary/aromatic N) is 3. The number of fused-ring (bicyclic) bond motifs is 1. The van der Waals surface area contributed by atoms with E-state index in [0.29, 0.717) is 18.7 Å².